The largest absolute Gasteiger partial charge is 0.480 e. The average Bonchev–Trinajstić information content (AvgIpc) is 2.69. The molecule has 0 aromatic carbocycles. The molecule has 1 aliphatic heterocycles. The highest BCUT2D eigenvalue weighted by Crippen LogP contribution is 2.16. The lowest BCUT2D eigenvalue weighted by Crippen LogP contribution is -2.47. The van der Waals surface area contributed by atoms with Crippen LogP contribution in [0, 0.1) is 0 Å². The summed E-state index contributed by atoms with van der Waals surface area (Å²) in [6.45, 7) is 4.80. The van der Waals surface area contributed by atoms with Crippen molar-refractivity contribution in [2.75, 3.05) is 6.61 Å². The van der Waals surface area contributed by atoms with Crippen LogP contribution < -0.4 is 5.32 Å². The Hall–Kier alpha value is -0.610. The van der Waals surface area contributed by atoms with Gasteiger partial charge in [0.05, 0.1) is 6.10 Å². The Balaban J connectivity index is 2.38. The second kappa shape index (κ2) is 6.08. The van der Waals surface area contributed by atoms with E-state index >= 15 is 0 Å². The summed E-state index contributed by atoms with van der Waals surface area (Å²) in [5.41, 5.74) is 0. The van der Waals surface area contributed by atoms with E-state index in [0.717, 1.165) is 25.9 Å². The molecule has 0 aliphatic carbocycles. The van der Waals surface area contributed by atoms with E-state index in [1.165, 1.54) is 0 Å². The minimum atomic E-state index is -0.762. The first-order valence-electron chi connectivity index (χ1n) is 5.75. The number of hydrogen-bond donors (Lipinski definition) is 2. The summed E-state index contributed by atoms with van der Waals surface area (Å²) in [7, 11) is 0. The van der Waals surface area contributed by atoms with Crippen molar-refractivity contribution in [2.24, 2.45) is 0 Å². The molecule has 1 fully saturated rings. The van der Waals surface area contributed by atoms with Gasteiger partial charge in [-0.2, -0.15) is 0 Å². The highest BCUT2D eigenvalue weighted by Gasteiger charge is 2.26. The molecule has 0 amide bonds. The van der Waals surface area contributed by atoms with Crippen LogP contribution in [-0.2, 0) is 9.53 Å². The van der Waals surface area contributed by atoms with Gasteiger partial charge in [0.25, 0.3) is 0 Å². The van der Waals surface area contributed by atoms with Crippen LogP contribution in [-0.4, -0.2) is 35.9 Å². The van der Waals surface area contributed by atoms with Crippen LogP contribution >= 0.6 is 0 Å². The van der Waals surface area contributed by atoms with E-state index in [1.807, 2.05) is 13.8 Å². The molecule has 4 nitrogen and oxygen atoms in total. The van der Waals surface area contributed by atoms with Crippen LogP contribution in [0.25, 0.3) is 0 Å². The number of carboxylic acids is 1. The SMILES string of the molecule is CCCC(NC(C)C1CCCO1)C(=O)O. The number of carboxylic acid groups (broad SMARTS) is 1. The Kier molecular flexibility index (Phi) is 5.05. The van der Waals surface area contributed by atoms with Crippen LogP contribution in [0.4, 0.5) is 0 Å². The standard InChI is InChI=1S/C11H21NO3/c1-3-5-9(11(13)14)12-8(2)10-6-4-7-15-10/h8-10,12H,3-7H2,1-2H3,(H,13,14). The Morgan fingerprint density at radius 2 is 2.40 bits per heavy atom. The normalized spacial score (nSPS) is 25.1. The minimum absolute atomic E-state index is 0.125. The molecule has 3 atom stereocenters. The second-order valence-corrected chi connectivity index (χ2v) is 4.19. The lowest BCUT2D eigenvalue weighted by molar-refractivity contribution is -0.140. The molecule has 3 unspecified atom stereocenters. The van der Waals surface area contributed by atoms with E-state index in [0.29, 0.717) is 6.42 Å². The summed E-state index contributed by atoms with van der Waals surface area (Å²) in [6, 6.07) is -0.311. The van der Waals surface area contributed by atoms with Gasteiger partial charge in [0.1, 0.15) is 6.04 Å². The first kappa shape index (κ1) is 12.5. The molecular formula is C11H21NO3. The molecule has 15 heavy (non-hydrogen) atoms. The van der Waals surface area contributed by atoms with Crippen molar-refractivity contribution >= 4 is 5.97 Å². The summed E-state index contributed by atoms with van der Waals surface area (Å²) in [4.78, 5) is 10.9. The van der Waals surface area contributed by atoms with Crippen molar-refractivity contribution in [1.29, 1.82) is 0 Å². The monoisotopic (exact) mass is 215 g/mol. The Labute approximate surface area is 91.0 Å². The molecule has 2 N–H and O–H groups in total. The van der Waals surface area contributed by atoms with Gasteiger partial charge in [-0.25, -0.2) is 0 Å². The number of ether oxygens (including phenoxy) is 1. The van der Waals surface area contributed by atoms with E-state index in [9.17, 15) is 4.79 Å². The fraction of sp³-hybridized carbons (Fsp3) is 0.909. The molecular weight excluding hydrogens is 194 g/mol. The molecule has 0 bridgehead atoms. The van der Waals surface area contributed by atoms with Crippen LogP contribution in [0.3, 0.4) is 0 Å². The van der Waals surface area contributed by atoms with Gasteiger partial charge in [0.2, 0.25) is 0 Å². The number of rotatable bonds is 6. The van der Waals surface area contributed by atoms with E-state index in [-0.39, 0.29) is 12.1 Å². The molecule has 1 rings (SSSR count). The van der Waals surface area contributed by atoms with Crippen molar-refractivity contribution in [1.82, 2.24) is 5.32 Å². The fourth-order valence-electron chi connectivity index (χ4n) is 1.99. The van der Waals surface area contributed by atoms with E-state index < -0.39 is 12.0 Å². The molecule has 0 aromatic rings. The molecule has 0 aromatic heterocycles. The van der Waals surface area contributed by atoms with Gasteiger partial charge in [-0.05, 0) is 26.2 Å². The molecule has 0 saturated carbocycles. The van der Waals surface area contributed by atoms with Crippen molar-refractivity contribution in [3.8, 4) is 0 Å². The number of nitrogens with one attached hydrogen (secondary N) is 1. The Morgan fingerprint density at radius 3 is 2.87 bits per heavy atom. The molecule has 1 saturated heterocycles. The summed E-state index contributed by atoms with van der Waals surface area (Å²) < 4.78 is 5.52. The van der Waals surface area contributed by atoms with Crippen molar-refractivity contribution < 1.29 is 14.6 Å². The van der Waals surface area contributed by atoms with E-state index in [1.54, 1.807) is 0 Å². The van der Waals surface area contributed by atoms with Crippen LogP contribution in [0.2, 0.25) is 0 Å². The zero-order chi connectivity index (χ0) is 11.3. The van der Waals surface area contributed by atoms with Crippen molar-refractivity contribution in [2.45, 2.75) is 57.7 Å². The first-order chi connectivity index (χ1) is 7.15. The van der Waals surface area contributed by atoms with Gasteiger partial charge in [0, 0.05) is 12.6 Å². The quantitative estimate of drug-likeness (QED) is 0.703. The third kappa shape index (κ3) is 3.80. The first-order valence-corrected chi connectivity index (χ1v) is 5.75. The number of hydrogen-bond acceptors (Lipinski definition) is 3. The lowest BCUT2D eigenvalue weighted by atomic mass is 10.1. The maximum atomic E-state index is 10.9. The van der Waals surface area contributed by atoms with Crippen LogP contribution in [0.1, 0.15) is 39.5 Å². The van der Waals surface area contributed by atoms with Gasteiger partial charge in [-0.15, -0.1) is 0 Å². The highest BCUT2D eigenvalue weighted by atomic mass is 16.5. The summed E-state index contributed by atoms with van der Waals surface area (Å²) >= 11 is 0. The van der Waals surface area contributed by atoms with Gasteiger partial charge in [0.15, 0.2) is 0 Å². The molecule has 0 radical (unpaired) electrons. The van der Waals surface area contributed by atoms with Gasteiger partial charge < -0.3 is 9.84 Å². The average molecular weight is 215 g/mol. The zero-order valence-corrected chi connectivity index (χ0v) is 9.53. The molecule has 0 spiro atoms. The zero-order valence-electron chi connectivity index (χ0n) is 9.53. The maximum absolute atomic E-state index is 10.9. The minimum Gasteiger partial charge on any atom is -0.480 e. The summed E-state index contributed by atoms with van der Waals surface area (Å²) in [5, 5.41) is 12.1. The van der Waals surface area contributed by atoms with Crippen molar-refractivity contribution in [3.05, 3.63) is 0 Å². The lowest BCUT2D eigenvalue weighted by Gasteiger charge is -2.24. The van der Waals surface area contributed by atoms with E-state index in [2.05, 4.69) is 5.32 Å². The van der Waals surface area contributed by atoms with Gasteiger partial charge in [-0.3, -0.25) is 10.1 Å². The van der Waals surface area contributed by atoms with Crippen LogP contribution in [0.15, 0.2) is 0 Å². The van der Waals surface area contributed by atoms with E-state index in [4.69, 9.17) is 9.84 Å². The number of carbonyl (C=O) groups is 1. The Bertz CT molecular complexity index is 202. The molecule has 1 heterocycles. The molecule has 1 aliphatic rings. The topological polar surface area (TPSA) is 58.6 Å². The molecule has 4 heteroatoms. The fourth-order valence-corrected chi connectivity index (χ4v) is 1.99. The third-order valence-corrected chi connectivity index (χ3v) is 2.86. The second-order valence-electron chi connectivity index (χ2n) is 4.19. The van der Waals surface area contributed by atoms with Crippen LogP contribution in [0.5, 0.6) is 0 Å². The third-order valence-electron chi connectivity index (χ3n) is 2.86. The summed E-state index contributed by atoms with van der Waals surface area (Å²) in [6.07, 6.45) is 3.85. The van der Waals surface area contributed by atoms with Crippen molar-refractivity contribution in [3.63, 3.8) is 0 Å². The van der Waals surface area contributed by atoms with Gasteiger partial charge >= 0.3 is 5.97 Å². The number of aliphatic carboxylic acids is 1. The predicted octanol–water partition coefficient (Wildman–Crippen LogP) is 1.40. The van der Waals surface area contributed by atoms with Gasteiger partial charge in [-0.1, -0.05) is 13.3 Å². The highest BCUT2D eigenvalue weighted by molar-refractivity contribution is 5.73. The smallest absolute Gasteiger partial charge is 0.320 e. The predicted molar refractivity (Wildman–Crippen MR) is 57.9 cm³/mol. The Morgan fingerprint density at radius 1 is 1.67 bits per heavy atom. The maximum Gasteiger partial charge on any atom is 0.320 e. The molecule has 88 valence electrons. The summed E-state index contributed by atoms with van der Waals surface area (Å²) in [5.74, 6) is -0.762.